The van der Waals surface area contributed by atoms with E-state index in [1.54, 1.807) is 18.3 Å². The van der Waals surface area contributed by atoms with Crippen LogP contribution in [0.3, 0.4) is 0 Å². The molecule has 4 nitrogen and oxygen atoms in total. The summed E-state index contributed by atoms with van der Waals surface area (Å²) in [4.78, 5) is 15.9. The molecule has 1 amide bonds. The minimum Gasteiger partial charge on any atom is -0.377 e. The van der Waals surface area contributed by atoms with Gasteiger partial charge < -0.3 is 10.1 Å². The number of aromatic nitrogens is 1. The predicted molar refractivity (Wildman–Crippen MR) is 58.1 cm³/mol. The zero-order valence-electron chi connectivity index (χ0n) is 8.40. The van der Waals surface area contributed by atoms with E-state index in [1.165, 1.54) is 11.8 Å². The molecule has 1 fully saturated rings. The van der Waals surface area contributed by atoms with E-state index in [4.69, 9.17) is 4.74 Å². The van der Waals surface area contributed by atoms with Gasteiger partial charge in [0.05, 0.1) is 24.8 Å². The number of carbonyl (C=O) groups excluding carboxylic acids is 1. The average molecular weight is 224 g/mol. The zero-order valence-corrected chi connectivity index (χ0v) is 9.21. The van der Waals surface area contributed by atoms with E-state index in [2.05, 4.69) is 10.3 Å². The van der Waals surface area contributed by atoms with Crippen molar-refractivity contribution < 1.29 is 9.53 Å². The van der Waals surface area contributed by atoms with Crippen LogP contribution in [-0.4, -0.2) is 36.4 Å². The van der Waals surface area contributed by atoms with Crippen LogP contribution in [0.15, 0.2) is 23.4 Å². The van der Waals surface area contributed by atoms with Gasteiger partial charge in [0.25, 0.3) is 5.91 Å². The number of nitrogens with one attached hydrogen (secondary N) is 1. The number of ether oxygens (including phenoxy) is 1. The molecule has 0 unspecified atom stereocenters. The number of thioether (sulfide) groups is 1. The summed E-state index contributed by atoms with van der Waals surface area (Å²) < 4.78 is 4.99. The van der Waals surface area contributed by atoms with Crippen molar-refractivity contribution >= 4 is 17.7 Å². The first-order valence-electron chi connectivity index (χ1n) is 4.69. The Morgan fingerprint density at radius 2 is 2.47 bits per heavy atom. The highest BCUT2D eigenvalue weighted by atomic mass is 32.2. The first kappa shape index (κ1) is 10.4. The van der Waals surface area contributed by atoms with Crippen molar-refractivity contribution in [1.82, 2.24) is 10.3 Å². The van der Waals surface area contributed by atoms with Crippen molar-refractivity contribution in [2.24, 2.45) is 0 Å². The fraction of sp³-hybridized carbons (Fsp3) is 0.400. The minimum atomic E-state index is -0.0687. The van der Waals surface area contributed by atoms with Gasteiger partial charge in [-0.25, -0.2) is 4.98 Å². The average Bonchev–Trinajstić information content (AvgIpc) is 2.23. The molecule has 1 saturated heterocycles. The number of hydrogen-bond acceptors (Lipinski definition) is 4. The Kier molecular flexibility index (Phi) is 3.23. The zero-order chi connectivity index (χ0) is 10.7. The highest BCUT2D eigenvalue weighted by Gasteiger charge is 2.22. The maximum atomic E-state index is 11.8. The van der Waals surface area contributed by atoms with Crippen LogP contribution in [0.2, 0.25) is 0 Å². The highest BCUT2D eigenvalue weighted by Crippen LogP contribution is 2.17. The molecule has 0 saturated carbocycles. The molecule has 2 heterocycles. The first-order chi connectivity index (χ1) is 7.31. The molecular formula is C10H12N2O2S. The number of hydrogen-bond donors (Lipinski definition) is 1. The normalized spacial score (nSPS) is 15.8. The van der Waals surface area contributed by atoms with Crippen LogP contribution in [0.25, 0.3) is 0 Å². The lowest BCUT2D eigenvalue weighted by atomic mass is 10.2. The van der Waals surface area contributed by atoms with Crippen LogP contribution in [-0.2, 0) is 4.74 Å². The molecule has 80 valence electrons. The van der Waals surface area contributed by atoms with Gasteiger partial charge in [0, 0.05) is 6.20 Å². The van der Waals surface area contributed by atoms with Crippen LogP contribution < -0.4 is 5.32 Å². The second-order valence-electron chi connectivity index (χ2n) is 3.27. The molecule has 5 heteroatoms. The van der Waals surface area contributed by atoms with E-state index in [0.717, 1.165) is 5.03 Å². The van der Waals surface area contributed by atoms with Gasteiger partial charge in [0.15, 0.2) is 0 Å². The Bertz CT molecular complexity index is 366. The molecule has 1 aliphatic heterocycles. The summed E-state index contributed by atoms with van der Waals surface area (Å²) in [5.74, 6) is -0.0687. The Morgan fingerprint density at radius 1 is 1.67 bits per heavy atom. The third-order valence-electron chi connectivity index (χ3n) is 2.18. The fourth-order valence-electron chi connectivity index (χ4n) is 1.31. The van der Waals surface area contributed by atoms with Crippen molar-refractivity contribution in [1.29, 1.82) is 0 Å². The molecule has 0 aliphatic carbocycles. The van der Waals surface area contributed by atoms with Gasteiger partial charge in [-0.1, -0.05) is 0 Å². The predicted octanol–water partition coefficient (Wildman–Crippen LogP) is 0.932. The van der Waals surface area contributed by atoms with E-state index in [0.29, 0.717) is 18.8 Å². The van der Waals surface area contributed by atoms with Gasteiger partial charge in [-0.15, -0.1) is 11.8 Å². The molecule has 0 bridgehead atoms. The lowest BCUT2D eigenvalue weighted by Crippen LogP contribution is -2.48. The molecule has 15 heavy (non-hydrogen) atoms. The number of amides is 1. The summed E-state index contributed by atoms with van der Waals surface area (Å²) in [5, 5.41) is 3.65. The van der Waals surface area contributed by atoms with Crippen LogP contribution in [0, 0.1) is 0 Å². The van der Waals surface area contributed by atoms with Crippen molar-refractivity contribution in [3.05, 3.63) is 23.9 Å². The smallest absolute Gasteiger partial charge is 0.254 e. The molecule has 0 radical (unpaired) electrons. The summed E-state index contributed by atoms with van der Waals surface area (Å²) in [6, 6.07) is 3.71. The van der Waals surface area contributed by atoms with Gasteiger partial charge in [0.1, 0.15) is 5.03 Å². The van der Waals surface area contributed by atoms with Crippen molar-refractivity contribution in [3.63, 3.8) is 0 Å². The summed E-state index contributed by atoms with van der Waals surface area (Å²) >= 11 is 1.47. The maximum Gasteiger partial charge on any atom is 0.254 e. The lowest BCUT2D eigenvalue weighted by molar-refractivity contribution is -0.00352. The molecule has 1 aromatic heterocycles. The maximum absolute atomic E-state index is 11.8. The van der Waals surface area contributed by atoms with Crippen LogP contribution in [0.4, 0.5) is 0 Å². The van der Waals surface area contributed by atoms with Crippen molar-refractivity contribution in [3.8, 4) is 0 Å². The second kappa shape index (κ2) is 4.63. The molecule has 1 aliphatic rings. The summed E-state index contributed by atoms with van der Waals surface area (Å²) in [7, 11) is 0. The third-order valence-corrected chi connectivity index (χ3v) is 2.89. The number of nitrogens with zero attached hydrogens (tertiary/aromatic N) is 1. The van der Waals surface area contributed by atoms with E-state index in [9.17, 15) is 4.79 Å². The molecule has 1 N–H and O–H groups in total. The summed E-state index contributed by atoms with van der Waals surface area (Å²) in [5.41, 5.74) is 0.636. The van der Waals surface area contributed by atoms with Crippen LogP contribution >= 0.6 is 11.8 Å². The van der Waals surface area contributed by atoms with Crippen molar-refractivity contribution in [2.45, 2.75) is 11.1 Å². The van der Waals surface area contributed by atoms with Crippen molar-refractivity contribution in [2.75, 3.05) is 19.5 Å². The molecule has 0 aromatic carbocycles. The van der Waals surface area contributed by atoms with E-state index in [1.807, 2.05) is 6.26 Å². The Hall–Kier alpha value is -1.07. The molecule has 0 atom stereocenters. The number of rotatable bonds is 3. The van der Waals surface area contributed by atoms with E-state index >= 15 is 0 Å². The largest absolute Gasteiger partial charge is 0.377 e. The molecule has 2 rings (SSSR count). The molecular weight excluding hydrogens is 212 g/mol. The SMILES string of the molecule is CSc1ncccc1C(=O)NC1COC1. The van der Waals surface area contributed by atoms with Crippen LogP contribution in [0.1, 0.15) is 10.4 Å². The van der Waals surface area contributed by atoms with Gasteiger partial charge in [-0.2, -0.15) is 0 Å². The topological polar surface area (TPSA) is 51.2 Å². The standard InChI is InChI=1S/C10H12N2O2S/c1-15-10-8(3-2-4-11-10)9(13)12-7-5-14-6-7/h2-4,7H,5-6H2,1H3,(H,12,13). The molecule has 0 spiro atoms. The Balaban J connectivity index is 2.09. The quantitative estimate of drug-likeness (QED) is 0.776. The Morgan fingerprint density at radius 3 is 3.07 bits per heavy atom. The Labute approximate surface area is 92.4 Å². The van der Waals surface area contributed by atoms with E-state index in [-0.39, 0.29) is 11.9 Å². The molecule has 1 aromatic rings. The van der Waals surface area contributed by atoms with Crippen LogP contribution in [0.5, 0.6) is 0 Å². The van der Waals surface area contributed by atoms with Gasteiger partial charge in [-0.05, 0) is 18.4 Å². The fourth-order valence-corrected chi connectivity index (χ4v) is 1.86. The second-order valence-corrected chi connectivity index (χ2v) is 4.06. The van der Waals surface area contributed by atoms with Gasteiger partial charge >= 0.3 is 0 Å². The summed E-state index contributed by atoms with van der Waals surface area (Å²) in [6.45, 7) is 1.22. The van der Waals surface area contributed by atoms with Gasteiger partial charge in [0.2, 0.25) is 0 Å². The van der Waals surface area contributed by atoms with E-state index < -0.39 is 0 Å². The third kappa shape index (κ3) is 2.30. The minimum absolute atomic E-state index is 0.0687. The monoisotopic (exact) mass is 224 g/mol. The number of carbonyl (C=O) groups is 1. The number of pyridine rings is 1. The lowest BCUT2D eigenvalue weighted by Gasteiger charge is -2.26. The highest BCUT2D eigenvalue weighted by molar-refractivity contribution is 7.98. The first-order valence-corrected chi connectivity index (χ1v) is 5.91. The summed E-state index contributed by atoms with van der Waals surface area (Å²) in [6.07, 6.45) is 3.60. The van der Waals surface area contributed by atoms with Gasteiger partial charge in [-0.3, -0.25) is 4.79 Å².